The zero-order valence-corrected chi connectivity index (χ0v) is 16.0. The molecule has 134 valence electrons. The second kappa shape index (κ2) is 7.70. The van der Waals surface area contributed by atoms with E-state index in [1.54, 1.807) is 4.68 Å². The summed E-state index contributed by atoms with van der Waals surface area (Å²) in [6, 6.07) is 13.8. The highest BCUT2D eigenvalue weighted by Crippen LogP contribution is 2.26. The molecule has 7 heteroatoms. The van der Waals surface area contributed by atoms with E-state index in [4.69, 9.17) is 0 Å². The molecule has 26 heavy (non-hydrogen) atoms. The Balaban J connectivity index is 1.77. The quantitative estimate of drug-likeness (QED) is 0.696. The molecule has 0 bridgehead atoms. The van der Waals surface area contributed by atoms with E-state index >= 15 is 0 Å². The lowest BCUT2D eigenvalue weighted by atomic mass is 10.1. The number of nitrogens with zero attached hydrogens (tertiary/aromatic N) is 4. The Hall–Kier alpha value is -2.67. The Morgan fingerprint density at radius 3 is 2.38 bits per heavy atom. The molecular weight excluding hydrogens is 346 g/mol. The highest BCUT2D eigenvalue weighted by Gasteiger charge is 2.20. The molecule has 1 amide bonds. The van der Waals surface area contributed by atoms with Crippen LogP contribution in [0.1, 0.15) is 23.6 Å². The van der Waals surface area contributed by atoms with Crippen LogP contribution >= 0.6 is 11.8 Å². The number of para-hydroxylation sites is 2. The van der Waals surface area contributed by atoms with Crippen LogP contribution in [0.2, 0.25) is 0 Å². The number of carbonyl (C=O) groups is 1. The molecule has 0 unspecified atom stereocenters. The van der Waals surface area contributed by atoms with Gasteiger partial charge in [-0.2, -0.15) is 4.68 Å². The van der Waals surface area contributed by atoms with Gasteiger partial charge in [-0.15, -0.1) is 5.10 Å². The van der Waals surface area contributed by atoms with Crippen LogP contribution in [0.5, 0.6) is 0 Å². The molecule has 0 radical (unpaired) electrons. The Labute approximate surface area is 157 Å². The van der Waals surface area contributed by atoms with Crippen molar-refractivity contribution in [2.75, 3.05) is 5.32 Å². The molecule has 0 fully saturated rings. The van der Waals surface area contributed by atoms with Crippen molar-refractivity contribution in [3.05, 3.63) is 59.2 Å². The lowest BCUT2D eigenvalue weighted by Crippen LogP contribution is -2.24. The van der Waals surface area contributed by atoms with Gasteiger partial charge in [-0.25, -0.2) is 0 Å². The van der Waals surface area contributed by atoms with Gasteiger partial charge in [-0.05, 0) is 60.9 Å². The largest absolute Gasteiger partial charge is 0.325 e. The van der Waals surface area contributed by atoms with E-state index in [1.165, 1.54) is 11.8 Å². The molecule has 1 atom stereocenters. The highest BCUT2D eigenvalue weighted by atomic mass is 32.2. The smallest absolute Gasteiger partial charge is 0.237 e. The number of tetrazole rings is 1. The maximum absolute atomic E-state index is 12.6. The van der Waals surface area contributed by atoms with Crippen LogP contribution in [0.3, 0.4) is 0 Å². The zero-order chi connectivity index (χ0) is 18.7. The molecule has 0 saturated heterocycles. The van der Waals surface area contributed by atoms with Crippen molar-refractivity contribution < 1.29 is 4.79 Å². The lowest BCUT2D eigenvalue weighted by Gasteiger charge is -2.15. The van der Waals surface area contributed by atoms with Gasteiger partial charge in [0, 0.05) is 5.69 Å². The van der Waals surface area contributed by atoms with Gasteiger partial charge in [-0.1, -0.05) is 48.2 Å². The van der Waals surface area contributed by atoms with Gasteiger partial charge >= 0.3 is 0 Å². The van der Waals surface area contributed by atoms with E-state index in [9.17, 15) is 4.79 Å². The van der Waals surface area contributed by atoms with Crippen molar-refractivity contribution in [2.24, 2.45) is 0 Å². The number of hydrogen-bond donors (Lipinski definition) is 1. The highest BCUT2D eigenvalue weighted by molar-refractivity contribution is 8.00. The fraction of sp³-hybridized carbons (Fsp3) is 0.263. The summed E-state index contributed by atoms with van der Waals surface area (Å²) in [5.41, 5.74) is 4.92. The van der Waals surface area contributed by atoms with E-state index < -0.39 is 0 Å². The number of nitrogens with one attached hydrogen (secondary N) is 1. The summed E-state index contributed by atoms with van der Waals surface area (Å²) in [6.45, 7) is 7.82. The molecular formula is C19H21N5OS. The van der Waals surface area contributed by atoms with Crippen LogP contribution in [0.4, 0.5) is 5.69 Å². The van der Waals surface area contributed by atoms with Crippen molar-refractivity contribution in [1.82, 2.24) is 20.2 Å². The maximum atomic E-state index is 12.6. The fourth-order valence-electron chi connectivity index (χ4n) is 2.65. The molecule has 1 N–H and O–H groups in total. The summed E-state index contributed by atoms with van der Waals surface area (Å²) in [5.74, 6) is -0.0771. The average Bonchev–Trinajstić information content (AvgIpc) is 3.06. The number of aryl methyl sites for hydroxylation is 3. The molecule has 1 heterocycles. The van der Waals surface area contributed by atoms with Crippen LogP contribution in [0.15, 0.2) is 47.6 Å². The number of benzene rings is 2. The van der Waals surface area contributed by atoms with E-state index in [-0.39, 0.29) is 11.2 Å². The van der Waals surface area contributed by atoms with Crippen LogP contribution in [0, 0.1) is 20.8 Å². The first-order chi connectivity index (χ1) is 12.5. The lowest BCUT2D eigenvalue weighted by molar-refractivity contribution is -0.115. The molecule has 0 aliphatic heterocycles. The number of aromatic nitrogens is 4. The molecule has 0 spiro atoms. The molecule has 6 nitrogen and oxygen atoms in total. The minimum absolute atomic E-state index is 0.0771. The molecule has 3 rings (SSSR count). The normalized spacial score (nSPS) is 12.0. The van der Waals surface area contributed by atoms with E-state index in [1.807, 2.05) is 70.2 Å². The first-order valence-corrected chi connectivity index (χ1v) is 9.23. The monoisotopic (exact) mass is 367 g/mol. The first-order valence-electron chi connectivity index (χ1n) is 8.35. The van der Waals surface area contributed by atoms with Crippen molar-refractivity contribution in [3.8, 4) is 5.69 Å². The van der Waals surface area contributed by atoms with Crippen LogP contribution in [0.25, 0.3) is 5.69 Å². The number of thioether (sulfide) groups is 1. The van der Waals surface area contributed by atoms with Crippen LogP contribution in [-0.2, 0) is 4.79 Å². The van der Waals surface area contributed by atoms with Crippen molar-refractivity contribution >= 4 is 23.4 Å². The summed E-state index contributed by atoms with van der Waals surface area (Å²) in [6.07, 6.45) is 0. The zero-order valence-electron chi connectivity index (χ0n) is 15.2. The van der Waals surface area contributed by atoms with Gasteiger partial charge in [0.05, 0.1) is 10.9 Å². The standard InChI is InChI=1S/C19H21N5OS/c1-12-8-5-6-11-16(12)24-19(21-22-23-24)26-15(4)18(25)20-17-13(2)9-7-10-14(17)3/h5-11,15H,1-4H3,(H,20,25)/t15-/m1/s1. The Morgan fingerprint density at radius 2 is 1.69 bits per heavy atom. The molecule has 2 aromatic carbocycles. The Kier molecular flexibility index (Phi) is 5.37. The van der Waals surface area contributed by atoms with Crippen molar-refractivity contribution in [1.29, 1.82) is 0 Å². The summed E-state index contributed by atoms with van der Waals surface area (Å²) >= 11 is 1.33. The van der Waals surface area contributed by atoms with E-state index in [2.05, 4.69) is 20.8 Å². The molecule has 0 saturated carbocycles. The summed E-state index contributed by atoms with van der Waals surface area (Å²) in [7, 11) is 0. The molecule has 1 aromatic heterocycles. The van der Waals surface area contributed by atoms with Gasteiger partial charge < -0.3 is 5.32 Å². The third-order valence-corrected chi connectivity index (χ3v) is 5.20. The van der Waals surface area contributed by atoms with Gasteiger partial charge in [-0.3, -0.25) is 4.79 Å². The van der Waals surface area contributed by atoms with Gasteiger partial charge in [0.1, 0.15) is 0 Å². The minimum atomic E-state index is -0.345. The first kappa shape index (κ1) is 18.1. The average molecular weight is 367 g/mol. The molecule has 0 aliphatic carbocycles. The van der Waals surface area contributed by atoms with Gasteiger partial charge in [0.15, 0.2) is 0 Å². The topological polar surface area (TPSA) is 72.7 Å². The summed E-state index contributed by atoms with van der Waals surface area (Å²) in [5, 5.41) is 15.2. The predicted molar refractivity (Wildman–Crippen MR) is 104 cm³/mol. The molecule has 0 aliphatic rings. The second-order valence-electron chi connectivity index (χ2n) is 6.18. The predicted octanol–water partition coefficient (Wildman–Crippen LogP) is 3.71. The summed E-state index contributed by atoms with van der Waals surface area (Å²) < 4.78 is 1.67. The van der Waals surface area contributed by atoms with Crippen molar-refractivity contribution in [2.45, 2.75) is 38.1 Å². The van der Waals surface area contributed by atoms with E-state index in [0.29, 0.717) is 5.16 Å². The van der Waals surface area contributed by atoms with Crippen LogP contribution < -0.4 is 5.32 Å². The minimum Gasteiger partial charge on any atom is -0.325 e. The number of carbonyl (C=O) groups excluding carboxylic acids is 1. The van der Waals surface area contributed by atoms with Crippen LogP contribution in [-0.4, -0.2) is 31.4 Å². The maximum Gasteiger partial charge on any atom is 0.237 e. The third-order valence-electron chi connectivity index (χ3n) is 4.17. The fourth-order valence-corrected chi connectivity index (χ4v) is 3.45. The third kappa shape index (κ3) is 3.77. The summed E-state index contributed by atoms with van der Waals surface area (Å²) in [4.78, 5) is 12.6. The SMILES string of the molecule is Cc1ccccc1-n1nnnc1S[C@H](C)C(=O)Nc1c(C)cccc1C. The number of amides is 1. The van der Waals surface area contributed by atoms with Crippen molar-refractivity contribution in [3.63, 3.8) is 0 Å². The van der Waals surface area contributed by atoms with E-state index in [0.717, 1.165) is 28.1 Å². The second-order valence-corrected chi connectivity index (χ2v) is 7.48. The van der Waals surface area contributed by atoms with Gasteiger partial charge in [0.2, 0.25) is 11.1 Å². The number of rotatable bonds is 5. The molecule has 3 aromatic rings. The Bertz CT molecular complexity index is 917. The number of hydrogen-bond acceptors (Lipinski definition) is 5. The Morgan fingerprint density at radius 1 is 1.04 bits per heavy atom. The number of anilines is 1. The van der Waals surface area contributed by atoms with Gasteiger partial charge in [0.25, 0.3) is 0 Å².